The first kappa shape index (κ1) is 32.8. The maximum Gasteiger partial charge on any atom is 0.326 e. The third-order valence-corrected chi connectivity index (χ3v) is 7.12. The summed E-state index contributed by atoms with van der Waals surface area (Å²) in [6.45, 7) is 2.27. The number of phenolic OH excluding ortho intramolecular Hbond substituents is 2. The molecule has 1 amide bonds. The maximum absolute atomic E-state index is 12.2. The Morgan fingerprint density at radius 2 is 1.11 bits per heavy atom. The van der Waals surface area contributed by atoms with E-state index in [4.69, 9.17) is 0 Å². The van der Waals surface area contributed by atoms with Crippen LogP contribution in [-0.4, -0.2) is 33.2 Å². The topological polar surface area (TPSA) is 107 Å². The maximum atomic E-state index is 12.2. The van der Waals surface area contributed by atoms with Crippen molar-refractivity contribution >= 4 is 11.9 Å². The lowest BCUT2D eigenvalue weighted by atomic mass is 10.0. The third kappa shape index (κ3) is 17.8. The van der Waals surface area contributed by atoms with E-state index in [0.717, 1.165) is 19.3 Å². The van der Waals surface area contributed by atoms with Gasteiger partial charge in [-0.3, -0.25) is 4.79 Å². The number of phenols is 2. The Bertz CT molecular complexity index is 736. The summed E-state index contributed by atoms with van der Waals surface area (Å²) in [6.07, 6.45) is 25.1. The number of carbonyl (C=O) groups excluding carboxylic acids is 1. The van der Waals surface area contributed by atoms with Crippen LogP contribution in [0.25, 0.3) is 0 Å². The number of amides is 1. The second-order valence-electron chi connectivity index (χ2n) is 10.6. The van der Waals surface area contributed by atoms with Gasteiger partial charge in [0, 0.05) is 12.8 Å². The lowest BCUT2D eigenvalue weighted by Crippen LogP contribution is -2.42. The van der Waals surface area contributed by atoms with Crippen molar-refractivity contribution in [1.29, 1.82) is 0 Å². The van der Waals surface area contributed by atoms with Crippen LogP contribution in [0, 0.1) is 0 Å². The van der Waals surface area contributed by atoms with Crippen LogP contribution in [-0.2, 0) is 16.0 Å². The Morgan fingerprint density at radius 1 is 0.676 bits per heavy atom. The molecule has 6 heteroatoms. The van der Waals surface area contributed by atoms with E-state index in [1.54, 1.807) is 0 Å². The van der Waals surface area contributed by atoms with Crippen LogP contribution < -0.4 is 5.32 Å². The van der Waals surface area contributed by atoms with Crippen LogP contribution in [0.2, 0.25) is 0 Å². The number of carbonyl (C=O) groups is 2. The van der Waals surface area contributed by atoms with Gasteiger partial charge in [0.15, 0.2) is 11.5 Å². The molecule has 0 unspecified atom stereocenters. The number of hydrogen-bond acceptors (Lipinski definition) is 4. The van der Waals surface area contributed by atoms with Crippen molar-refractivity contribution < 1.29 is 24.9 Å². The second-order valence-corrected chi connectivity index (χ2v) is 10.6. The van der Waals surface area contributed by atoms with Gasteiger partial charge < -0.3 is 20.6 Å². The van der Waals surface area contributed by atoms with Gasteiger partial charge in [-0.15, -0.1) is 0 Å². The first-order valence-corrected chi connectivity index (χ1v) is 15.0. The number of unbranched alkanes of at least 4 members (excludes halogenated alkanes) is 18. The van der Waals surface area contributed by atoms with E-state index in [1.165, 1.54) is 121 Å². The fourth-order valence-corrected chi connectivity index (χ4v) is 4.76. The quantitative estimate of drug-likeness (QED) is 0.0817. The largest absolute Gasteiger partial charge is 0.504 e. The SMILES string of the molecule is CCCCCCCCCCCCCCCCCCCCCC(=O)N[C@@H](Cc1ccc(O)c(O)c1)C(=O)O. The van der Waals surface area contributed by atoms with Crippen molar-refractivity contribution in [2.24, 2.45) is 0 Å². The minimum atomic E-state index is -1.12. The molecular weight excluding hydrogens is 466 g/mol. The van der Waals surface area contributed by atoms with Gasteiger partial charge in [0.25, 0.3) is 0 Å². The van der Waals surface area contributed by atoms with Gasteiger partial charge in [-0.2, -0.15) is 0 Å². The zero-order chi connectivity index (χ0) is 27.1. The summed E-state index contributed by atoms with van der Waals surface area (Å²) in [5.41, 5.74) is 0.534. The zero-order valence-corrected chi connectivity index (χ0v) is 23.3. The van der Waals surface area contributed by atoms with Crippen LogP contribution in [0.5, 0.6) is 11.5 Å². The fourth-order valence-electron chi connectivity index (χ4n) is 4.76. The number of carboxylic acids is 1. The molecule has 0 bridgehead atoms. The molecule has 0 saturated carbocycles. The van der Waals surface area contributed by atoms with Crippen molar-refractivity contribution in [3.63, 3.8) is 0 Å². The van der Waals surface area contributed by atoms with E-state index >= 15 is 0 Å². The molecule has 0 aliphatic carbocycles. The Hall–Kier alpha value is -2.24. The summed E-state index contributed by atoms with van der Waals surface area (Å²) in [7, 11) is 0. The highest BCUT2D eigenvalue weighted by Crippen LogP contribution is 2.25. The Kier molecular flexibility index (Phi) is 19.3. The van der Waals surface area contributed by atoms with Gasteiger partial charge in [-0.25, -0.2) is 4.79 Å². The standard InChI is InChI=1S/C31H53NO5/c1-2-3-4-5-6-7-8-9-10-11-12-13-14-15-16-17-18-19-20-21-30(35)32-27(31(36)37)24-26-22-23-28(33)29(34)25-26/h22-23,25,27,33-34H,2-21,24H2,1H3,(H,32,35)(H,36,37)/t27-/m0/s1. The van der Waals surface area contributed by atoms with E-state index < -0.39 is 12.0 Å². The van der Waals surface area contributed by atoms with Crippen LogP contribution in [0.1, 0.15) is 141 Å². The Labute approximate surface area is 225 Å². The molecule has 0 aliphatic heterocycles. The molecule has 37 heavy (non-hydrogen) atoms. The van der Waals surface area contributed by atoms with Gasteiger partial charge in [0.1, 0.15) is 6.04 Å². The number of benzene rings is 1. The van der Waals surface area contributed by atoms with Crippen LogP contribution >= 0.6 is 0 Å². The van der Waals surface area contributed by atoms with Gasteiger partial charge in [-0.05, 0) is 24.1 Å². The second kappa shape index (κ2) is 21.8. The van der Waals surface area contributed by atoms with E-state index in [2.05, 4.69) is 12.2 Å². The molecule has 0 heterocycles. The molecular formula is C31H53NO5. The van der Waals surface area contributed by atoms with E-state index in [0.29, 0.717) is 12.0 Å². The number of carboxylic acid groups (broad SMARTS) is 1. The molecule has 1 aromatic carbocycles. The number of rotatable bonds is 24. The Morgan fingerprint density at radius 3 is 1.51 bits per heavy atom. The normalized spacial score (nSPS) is 11.9. The zero-order valence-electron chi connectivity index (χ0n) is 23.3. The molecule has 1 aromatic rings. The molecule has 0 spiro atoms. The predicted octanol–water partition coefficient (Wildman–Crippen LogP) is 8.03. The summed E-state index contributed by atoms with van der Waals surface area (Å²) in [6, 6.07) is 3.10. The number of aliphatic carboxylic acids is 1. The molecule has 0 saturated heterocycles. The van der Waals surface area contributed by atoms with Gasteiger partial charge in [0.2, 0.25) is 5.91 Å². The number of hydrogen-bond donors (Lipinski definition) is 4. The van der Waals surface area contributed by atoms with Crippen LogP contribution in [0.4, 0.5) is 0 Å². The van der Waals surface area contributed by atoms with Crippen LogP contribution in [0.15, 0.2) is 18.2 Å². The minimum absolute atomic E-state index is 0.0497. The van der Waals surface area contributed by atoms with E-state index in [-0.39, 0.29) is 23.8 Å². The van der Waals surface area contributed by atoms with Crippen molar-refractivity contribution in [3.8, 4) is 11.5 Å². The highest BCUT2D eigenvalue weighted by Gasteiger charge is 2.20. The van der Waals surface area contributed by atoms with Crippen LogP contribution in [0.3, 0.4) is 0 Å². The first-order valence-electron chi connectivity index (χ1n) is 15.0. The summed E-state index contributed by atoms with van der Waals surface area (Å²) in [4.78, 5) is 23.7. The molecule has 4 N–H and O–H groups in total. The van der Waals surface area contributed by atoms with E-state index in [1.807, 2.05) is 0 Å². The molecule has 0 fully saturated rings. The van der Waals surface area contributed by atoms with Crippen molar-refractivity contribution in [1.82, 2.24) is 5.32 Å². The summed E-state index contributed by atoms with van der Waals surface area (Å²) in [5.74, 6) is -1.94. The Balaban J connectivity index is 1.94. The average Bonchev–Trinajstić information content (AvgIpc) is 2.87. The number of aromatic hydroxyl groups is 2. The minimum Gasteiger partial charge on any atom is -0.504 e. The fraction of sp³-hybridized carbons (Fsp3) is 0.742. The third-order valence-electron chi connectivity index (χ3n) is 7.12. The highest BCUT2D eigenvalue weighted by atomic mass is 16.4. The summed E-state index contributed by atoms with van der Waals surface area (Å²) < 4.78 is 0. The van der Waals surface area contributed by atoms with Crippen molar-refractivity contribution in [3.05, 3.63) is 23.8 Å². The molecule has 212 valence electrons. The number of nitrogens with one attached hydrogen (secondary N) is 1. The van der Waals surface area contributed by atoms with Gasteiger partial charge in [-0.1, -0.05) is 129 Å². The first-order chi connectivity index (χ1) is 17.9. The monoisotopic (exact) mass is 519 g/mol. The van der Waals surface area contributed by atoms with E-state index in [9.17, 15) is 24.9 Å². The smallest absolute Gasteiger partial charge is 0.326 e. The molecule has 0 aromatic heterocycles. The summed E-state index contributed by atoms with van der Waals surface area (Å²) >= 11 is 0. The highest BCUT2D eigenvalue weighted by molar-refractivity contribution is 5.83. The lowest BCUT2D eigenvalue weighted by Gasteiger charge is -2.15. The molecule has 0 aliphatic rings. The average molecular weight is 520 g/mol. The molecule has 0 radical (unpaired) electrons. The van der Waals surface area contributed by atoms with Gasteiger partial charge >= 0.3 is 5.97 Å². The lowest BCUT2D eigenvalue weighted by molar-refractivity contribution is -0.141. The van der Waals surface area contributed by atoms with Gasteiger partial charge in [0.05, 0.1) is 0 Å². The van der Waals surface area contributed by atoms with Crippen molar-refractivity contribution in [2.45, 2.75) is 148 Å². The summed E-state index contributed by atoms with van der Waals surface area (Å²) in [5, 5.41) is 30.9. The van der Waals surface area contributed by atoms with Crippen molar-refractivity contribution in [2.75, 3.05) is 0 Å². The molecule has 6 nitrogen and oxygen atoms in total. The molecule has 1 rings (SSSR count). The molecule has 1 atom stereocenters. The predicted molar refractivity (Wildman–Crippen MR) is 151 cm³/mol.